The number of anilines is 2. The van der Waals surface area contributed by atoms with Crippen LogP contribution in [0.4, 0.5) is 11.4 Å². The van der Waals surface area contributed by atoms with E-state index in [4.69, 9.17) is 0 Å². The molecule has 2 aromatic carbocycles. The lowest BCUT2D eigenvalue weighted by Gasteiger charge is -2.36. The van der Waals surface area contributed by atoms with Crippen LogP contribution in [0.25, 0.3) is 0 Å². The number of rotatable bonds is 8. The average molecular weight is 439 g/mol. The largest absolute Gasteiger partial charge is 0.478 e. The third-order valence-electron chi connectivity index (χ3n) is 5.53. The SMILES string of the molecule is CCCNC(=O)CN1CCN(c2ccc(C(=O)O)cc2NC(=O)c2ccccc2C)CC1. The van der Waals surface area contributed by atoms with E-state index in [1.165, 1.54) is 6.07 Å². The Balaban J connectivity index is 1.74. The number of hydrogen-bond donors (Lipinski definition) is 3. The molecule has 3 rings (SSSR count). The number of carboxylic acid groups (broad SMARTS) is 1. The number of piperazine rings is 1. The quantitative estimate of drug-likeness (QED) is 0.586. The zero-order valence-electron chi connectivity index (χ0n) is 18.6. The van der Waals surface area contributed by atoms with Gasteiger partial charge in [0.15, 0.2) is 0 Å². The van der Waals surface area contributed by atoms with Gasteiger partial charge in [-0.05, 0) is 43.2 Å². The van der Waals surface area contributed by atoms with Crippen molar-refractivity contribution in [3.05, 3.63) is 59.2 Å². The fourth-order valence-corrected chi connectivity index (χ4v) is 3.73. The summed E-state index contributed by atoms with van der Waals surface area (Å²) in [5.74, 6) is -1.30. The van der Waals surface area contributed by atoms with Crippen molar-refractivity contribution in [3.8, 4) is 0 Å². The molecule has 0 spiro atoms. The maximum Gasteiger partial charge on any atom is 0.335 e. The number of aromatic carboxylic acids is 1. The van der Waals surface area contributed by atoms with E-state index in [2.05, 4.69) is 20.4 Å². The molecule has 3 N–H and O–H groups in total. The second-order valence-electron chi connectivity index (χ2n) is 7.92. The van der Waals surface area contributed by atoms with E-state index < -0.39 is 5.97 Å². The summed E-state index contributed by atoms with van der Waals surface area (Å²) in [7, 11) is 0. The molecule has 170 valence electrons. The molecule has 1 aliphatic rings. The molecule has 0 aromatic heterocycles. The van der Waals surface area contributed by atoms with E-state index in [-0.39, 0.29) is 17.4 Å². The topological polar surface area (TPSA) is 102 Å². The number of nitrogens with one attached hydrogen (secondary N) is 2. The fraction of sp³-hybridized carbons (Fsp3) is 0.375. The molecule has 2 aromatic rings. The van der Waals surface area contributed by atoms with Crippen molar-refractivity contribution in [2.24, 2.45) is 0 Å². The van der Waals surface area contributed by atoms with Crippen LogP contribution in [0.2, 0.25) is 0 Å². The van der Waals surface area contributed by atoms with Crippen molar-refractivity contribution >= 4 is 29.2 Å². The van der Waals surface area contributed by atoms with Crippen LogP contribution in [0.15, 0.2) is 42.5 Å². The minimum atomic E-state index is -1.05. The van der Waals surface area contributed by atoms with Crippen molar-refractivity contribution < 1.29 is 19.5 Å². The highest BCUT2D eigenvalue weighted by molar-refractivity contribution is 6.07. The zero-order chi connectivity index (χ0) is 23.1. The summed E-state index contributed by atoms with van der Waals surface area (Å²) in [5, 5.41) is 15.2. The second kappa shape index (κ2) is 10.8. The number of benzene rings is 2. The van der Waals surface area contributed by atoms with Crippen LogP contribution in [0, 0.1) is 6.92 Å². The lowest BCUT2D eigenvalue weighted by atomic mass is 10.1. The predicted octanol–water partition coefficient (Wildman–Crippen LogP) is 2.59. The normalized spacial score (nSPS) is 14.1. The molecule has 8 nitrogen and oxygen atoms in total. The van der Waals surface area contributed by atoms with Gasteiger partial charge in [0.05, 0.1) is 23.5 Å². The van der Waals surface area contributed by atoms with Gasteiger partial charge in [-0.1, -0.05) is 25.1 Å². The summed E-state index contributed by atoms with van der Waals surface area (Å²) in [6.07, 6.45) is 0.906. The van der Waals surface area contributed by atoms with Gasteiger partial charge in [-0.15, -0.1) is 0 Å². The molecule has 0 saturated carbocycles. The first-order valence-corrected chi connectivity index (χ1v) is 10.9. The summed E-state index contributed by atoms with van der Waals surface area (Å²) in [6.45, 7) is 7.66. The van der Waals surface area contributed by atoms with E-state index in [1.807, 2.05) is 26.0 Å². The first kappa shape index (κ1) is 23.3. The lowest BCUT2D eigenvalue weighted by molar-refractivity contribution is -0.122. The lowest BCUT2D eigenvalue weighted by Crippen LogP contribution is -2.49. The molecule has 1 saturated heterocycles. The Morgan fingerprint density at radius 2 is 1.75 bits per heavy atom. The molecule has 1 fully saturated rings. The number of aryl methyl sites for hydroxylation is 1. The Hall–Kier alpha value is -3.39. The Kier molecular flexibility index (Phi) is 7.83. The molecule has 0 atom stereocenters. The minimum absolute atomic E-state index is 0.0253. The van der Waals surface area contributed by atoms with Crippen LogP contribution in [-0.4, -0.2) is 67.1 Å². The molecule has 0 radical (unpaired) electrons. The van der Waals surface area contributed by atoms with E-state index >= 15 is 0 Å². The molecule has 1 heterocycles. The van der Waals surface area contributed by atoms with Gasteiger partial charge in [0, 0.05) is 38.3 Å². The van der Waals surface area contributed by atoms with Gasteiger partial charge in [-0.3, -0.25) is 14.5 Å². The monoisotopic (exact) mass is 438 g/mol. The molecule has 0 bridgehead atoms. The Morgan fingerprint density at radius 3 is 2.41 bits per heavy atom. The highest BCUT2D eigenvalue weighted by atomic mass is 16.4. The number of nitrogens with zero attached hydrogens (tertiary/aromatic N) is 2. The number of carbonyl (C=O) groups excluding carboxylic acids is 2. The van der Waals surface area contributed by atoms with Crippen LogP contribution in [0.3, 0.4) is 0 Å². The summed E-state index contributed by atoms with van der Waals surface area (Å²) in [4.78, 5) is 40.6. The van der Waals surface area contributed by atoms with Crippen molar-refractivity contribution in [1.29, 1.82) is 0 Å². The third kappa shape index (κ3) is 5.85. The summed E-state index contributed by atoms with van der Waals surface area (Å²) in [5.41, 5.74) is 2.73. The van der Waals surface area contributed by atoms with Gasteiger partial charge in [0.2, 0.25) is 5.91 Å². The standard InChI is InChI=1S/C24H30N4O4/c1-3-10-25-22(29)16-27-11-13-28(14-12-27)21-9-8-18(24(31)32)15-20(21)26-23(30)19-7-5-4-6-17(19)2/h4-9,15H,3,10-14,16H2,1-2H3,(H,25,29)(H,26,30)(H,31,32). The molecule has 0 unspecified atom stereocenters. The van der Waals surface area contributed by atoms with E-state index in [0.717, 1.165) is 17.7 Å². The zero-order valence-corrected chi connectivity index (χ0v) is 18.6. The molecule has 32 heavy (non-hydrogen) atoms. The van der Waals surface area contributed by atoms with Gasteiger partial charge in [0.25, 0.3) is 5.91 Å². The van der Waals surface area contributed by atoms with Crippen molar-refractivity contribution in [2.45, 2.75) is 20.3 Å². The Bertz CT molecular complexity index is 984. The van der Waals surface area contributed by atoms with Crippen molar-refractivity contribution in [3.63, 3.8) is 0 Å². The van der Waals surface area contributed by atoms with E-state index in [1.54, 1.807) is 24.3 Å². The average Bonchev–Trinajstić information content (AvgIpc) is 2.78. The molecule has 8 heteroatoms. The minimum Gasteiger partial charge on any atom is -0.478 e. The van der Waals surface area contributed by atoms with Gasteiger partial charge in [-0.25, -0.2) is 4.79 Å². The van der Waals surface area contributed by atoms with Crippen molar-refractivity contribution in [1.82, 2.24) is 10.2 Å². The highest BCUT2D eigenvalue weighted by Crippen LogP contribution is 2.29. The molecule has 1 aliphatic heterocycles. The predicted molar refractivity (Wildman–Crippen MR) is 124 cm³/mol. The summed E-state index contributed by atoms with van der Waals surface area (Å²) in [6, 6.07) is 12.1. The summed E-state index contributed by atoms with van der Waals surface area (Å²) < 4.78 is 0. The summed E-state index contributed by atoms with van der Waals surface area (Å²) >= 11 is 0. The van der Waals surface area contributed by atoms with Gasteiger partial charge in [-0.2, -0.15) is 0 Å². The van der Waals surface area contributed by atoms with Crippen LogP contribution < -0.4 is 15.5 Å². The number of carboxylic acids is 1. The van der Waals surface area contributed by atoms with E-state index in [9.17, 15) is 19.5 Å². The number of amides is 2. The second-order valence-corrected chi connectivity index (χ2v) is 7.92. The van der Waals surface area contributed by atoms with Crippen molar-refractivity contribution in [2.75, 3.05) is 49.5 Å². The van der Waals surface area contributed by atoms with E-state index in [0.29, 0.717) is 50.5 Å². The first-order chi connectivity index (χ1) is 15.4. The molecule has 0 aliphatic carbocycles. The Morgan fingerprint density at radius 1 is 1.03 bits per heavy atom. The fourth-order valence-electron chi connectivity index (χ4n) is 3.73. The smallest absolute Gasteiger partial charge is 0.335 e. The Labute approximate surface area is 188 Å². The molecular weight excluding hydrogens is 408 g/mol. The van der Waals surface area contributed by atoms with Gasteiger partial charge >= 0.3 is 5.97 Å². The van der Waals surface area contributed by atoms with Crippen LogP contribution >= 0.6 is 0 Å². The third-order valence-corrected chi connectivity index (χ3v) is 5.53. The highest BCUT2D eigenvalue weighted by Gasteiger charge is 2.22. The number of hydrogen-bond acceptors (Lipinski definition) is 5. The van der Waals surface area contributed by atoms with Crippen LogP contribution in [0.5, 0.6) is 0 Å². The van der Waals surface area contributed by atoms with Gasteiger partial charge in [0.1, 0.15) is 0 Å². The number of carbonyl (C=O) groups is 3. The first-order valence-electron chi connectivity index (χ1n) is 10.9. The molecular formula is C24H30N4O4. The maximum absolute atomic E-state index is 12.9. The van der Waals surface area contributed by atoms with Crippen LogP contribution in [0.1, 0.15) is 39.6 Å². The maximum atomic E-state index is 12.9. The van der Waals surface area contributed by atoms with Crippen LogP contribution in [-0.2, 0) is 4.79 Å². The van der Waals surface area contributed by atoms with Gasteiger partial charge < -0.3 is 20.6 Å². The molecule has 2 amide bonds.